The first-order valence-corrected chi connectivity index (χ1v) is 7.86. The minimum absolute atomic E-state index is 0.189. The van der Waals surface area contributed by atoms with E-state index in [4.69, 9.17) is 0 Å². The highest BCUT2D eigenvalue weighted by Crippen LogP contribution is 2.19. The summed E-state index contributed by atoms with van der Waals surface area (Å²) in [5, 5.41) is 0. The van der Waals surface area contributed by atoms with Crippen LogP contribution < -0.4 is 4.72 Å². The Morgan fingerprint density at radius 1 is 1.05 bits per heavy atom. The number of halogens is 3. The number of nitrogens with one attached hydrogen (secondary N) is 1. The Hall–Kier alpha value is -1.31. The molecule has 0 aliphatic carbocycles. The maximum atomic E-state index is 13.6. The summed E-state index contributed by atoms with van der Waals surface area (Å²) < 4.78 is 53.5. The van der Waals surface area contributed by atoms with Crippen molar-refractivity contribution in [2.45, 2.75) is 11.4 Å². The molecule has 0 aliphatic rings. The molecule has 0 radical (unpaired) electrons. The lowest BCUT2D eigenvalue weighted by Crippen LogP contribution is -2.24. The second-order valence-electron chi connectivity index (χ2n) is 3.99. The lowest BCUT2D eigenvalue weighted by Gasteiger charge is -2.08. The molecule has 1 N–H and O–H groups in total. The summed E-state index contributed by atoms with van der Waals surface area (Å²) in [5.41, 5.74) is 0.189. The van der Waals surface area contributed by atoms with E-state index in [0.717, 1.165) is 12.1 Å². The average molecular weight is 362 g/mol. The summed E-state index contributed by atoms with van der Waals surface area (Å²) in [4.78, 5) is -0.475. The maximum Gasteiger partial charge on any atom is 0.243 e. The number of rotatable bonds is 4. The van der Waals surface area contributed by atoms with Crippen LogP contribution in [-0.4, -0.2) is 8.42 Å². The lowest BCUT2D eigenvalue weighted by atomic mass is 10.2. The van der Waals surface area contributed by atoms with Crippen molar-refractivity contribution in [3.8, 4) is 0 Å². The minimum Gasteiger partial charge on any atom is -0.207 e. The van der Waals surface area contributed by atoms with E-state index in [2.05, 4.69) is 20.7 Å². The number of hydrogen-bond acceptors (Lipinski definition) is 2. The summed E-state index contributed by atoms with van der Waals surface area (Å²) in [7, 11) is -4.04. The van der Waals surface area contributed by atoms with Crippen molar-refractivity contribution in [1.82, 2.24) is 4.72 Å². The molecule has 2 rings (SSSR count). The maximum absolute atomic E-state index is 13.6. The van der Waals surface area contributed by atoms with Crippen LogP contribution >= 0.6 is 15.9 Å². The van der Waals surface area contributed by atoms with Gasteiger partial charge in [0.05, 0.1) is 0 Å². The van der Waals surface area contributed by atoms with Crippen LogP contribution in [0.1, 0.15) is 5.56 Å². The highest BCUT2D eigenvalue weighted by Gasteiger charge is 2.19. The third-order valence-electron chi connectivity index (χ3n) is 2.59. The molecule has 0 aromatic heterocycles. The van der Waals surface area contributed by atoms with Gasteiger partial charge in [-0.1, -0.05) is 34.1 Å². The standard InChI is InChI=1S/C13H10BrF2NO2S/c14-10-5-6-13(12(16)7-10)20(18,19)17-8-9-3-1-2-4-11(9)15/h1-7,17H,8H2. The highest BCUT2D eigenvalue weighted by atomic mass is 79.9. The van der Waals surface area contributed by atoms with Crippen molar-refractivity contribution in [3.05, 3.63) is 64.1 Å². The normalized spacial score (nSPS) is 11.6. The van der Waals surface area contributed by atoms with Gasteiger partial charge in [0.1, 0.15) is 16.5 Å². The third-order valence-corrected chi connectivity index (χ3v) is 4.52. The van der Waals surface area contributed by atoms with Crippen molar-refractivity contribution in [2.24, 2.45) is 0 Å². The number of benzene rings is 2. The molecule has 106 valence electrons. The highest BCUT2D eigenvalue weighted by molar-refractivity contribution is 9.10. The molecule has 2 aromatic rings. The largest absolute Gasteiger partial charge is 0.243 e. The molecule has 0 atom stereocenters. The van der Waals surface area contributed by atoms with Gasteiger partial charge in [-0.15, -0.1) is 0 Å². The molecule has 0 bridgehead atoms. The van der Waals surface area contributed by atoms with Gasteiger partial charge in [-0.05, 0) is 24.3 Å². The van der Waals surface area contributed by atoms with Crippen LogP contribution in [0.2, 0.25) is 0 Å². The Kier molecular flexibility index (Phi) is 4.52. The second-order valence-corrected chi connectivity index (χ2v) is 6.64. The van der Waals surface area contributed by atoms with E-state index in [1.54, 1.807) is 6.07 Å². The predicted octanol–water partition coefficient (Wildman–Crippen LogP) is 3.21. The Labute approximate surface area is 123 Å². The second kappa shape index (κ2) is 5.99. The molecule has 20 heavy (non-hydrogen) atoms. The summed E-state index contributed by atoms with van der Waals surface area (Å²) in [6.07, 6.45) is 0. The van der Waals surface area contributed by atoms with E-state index in [1.165, 1.54) is 24.3 Å². The van der Waals surface area contributed by atoms with Crippen molar-refractivity contribution >= 4 is 26.0 Å². The van der Waals surface area contributed by atoms with Gasteiger partial charge in [0.25, 0.3) is 0 Å². The number of hydrogen-bond donors (Lipinski definition) is 1. The van der Waals surface area contributed by atoms with Crippen LogP contribution in [0.4, 0.5) is 8.78 Å². The first-order chi connectivity index (χ1) is 9.40. The molecule has 0 amide bonds. The van der Waals surface area contributed by atoms with Gasteiger partial charge in [0, 0.05) is 16.6 Å². The first kappa shape index (κ1) is 15.1. The van der Waals surface area contributed by atoms with Gasteiger partial charge in [-0.2, -0.15) is 0 Å². The molecular weight excluding hydrogens is 352 g/mol. The summed E-state index contributed by atoms with van der Waals surface area (Å²) in [6.45, 7) is -0.246. The van der Waals surface area contributed by atoms with E-state index in [-0.39, 0.29) is 12.1 Å². The Bertz CT molecular complexity index is 735. The topological polar surface area (TPSA) is 46.2 Å². The van der Waals surface area contributed by atoms with Crippen LogP contribution in [0.3, 0.4) is 0 Å². The van der Waals surface area contributed by atoms with E-state index in [0.29, 0.717) is 4.47 Å². The molecule has 0 fully saturated rings. The summed E-state index contributed by atoms with van der Waals surface area (Å²) >= 11 is 3.04. The van der Waals surface area contributed by atoms with Crippen LogP contribution in [-0.2, 0) is 16.6 Å². The molecule has 2 aromatic carbocycles. The Morgan fingerprint density at radius 2 is 1.75 bits per heavy atom. The molecule has 0 unspecified atom stereocenters. The molecule has 0 heterocycles. The summed E-state index contributed by atoms with van der Waals surface area (Å²) in [6, 6.07) is 9.38. The zero-order valence-corrected chi connectivity index (χ0v) is 12.5. The fourth-order valence-corrected chi connectivity index (χ4v) is 2.98. The van der Waals surface area contributed by atoms with Crippen LogP contribution in [0.15, 0.2) is 51.8 Å². The van der Waals surface area contributed by atoms with Gasteiger partial charge in [0.2, 0.25) is 10.0 Å². The Morgan fingerprint density at radius 3 is 2.40 bits per heavy atom. The smallest absolute Gasteiger partial charge is 0.207 e. The zero-order chi connectivity index (χ0) is 14.8. The van der Waals surface area contributed by atoms with Crippen LogP contribution in [0.25, 0.3) is 0 Å². The summed E-state index contributed by atoms with van der Waals surface area (Å²) in [5.74, 6) is -1.40. The van der Waals surface area contributed by atoms with Crippen molar-refractivity contribution in [2.75, 3.05) is 0 Å². The quantitative estimate of drug-likeness (QED) is 0.908. The average Bonchev–Trinajstić information content (AvgIpc) is 2.37. The third kappa shape index (κ3) is 3.41. The van der Waals surface area contributed by atoms with Gasteiger partial charge in [-0.25, -0.2) is 21.9 Å². The fourth-order valence-electron chi connectivity index (χ4n) is 1.59. The lowest BCUT2D eigenvalue weighted by molar-refractivity contribution is 0.553. The monoisotopic (exact) mass is 361 g/mol. The van der Waals surface area contributed by atoms with E-state index in [9.17, 15) is 17.2 Å². The number of sulfonamides is 1. The van der Waals surface area contributed by atoms with Gasteiger partial charge in [0.15, 0.2) is 0 Å². The molecule has 7 heteroatoms. The molecule has 0 saturated carbocycles. The molecule has 0 saturated heterocycles. The fraction of sp³-hybridized carbons (Fsp3) is 0.0769. The van der Waals surface area contributed by atoms with Crippen LogP contribution in [0, 0.1) is 11.6 Å². The van der Waals surface area contributed by atoms with E-state index < -0.39 is 26.6 Å². The molecule has 0 spiro atoms. The molecular formula is C13H10BrF2NO2S. The SMILES string of the molecule is O=S(=O)(NCc1ccccc1F)c1ccc(Br)cc1F. The van der Waals surface area contributed by atoms with Crippen molar-refractivity contribution < 1.29 is 17.2 Å². The molecule has 3 nitrogen and oxygen atoms in total. The van der Waals surface area contributed by atoms with Gasteiger partial charge >= 0.3 is 0 Å². The predicted molar refractivity (Wildman–Crippen MR) is 74.5 cm³/mol. The first-order valence-electron chi connectivity index (χ1n) is 5.58. The molecule has 0 aliphatic heterocycles. The van der Waals surface area contributed by atoms with E-state index >= 15 is 0 Å². The van der Waals surface area contributed by atoms with Crippen molar-refractivity contribution in [3.63, 3.8) is 0 Å². The van der Waals surface area contributed by atoms with Gasteiger partial charge < -0.3 is 0 Å². The minimum atomic E-state index is -4.04. The van der Waals surface area contributed by atoms with Crippen molar-refractivity contribution in [1.29, 1.82) is 0 Å². The van der Waals surface area contributed by atoms with E-state index in [1.807, 2.05) is 0 Å². The Balaban J connectivity index is 2.22. The van der Waals surface area contributed by atoms with Gasteiger partial charge in [-0.3, -0.25) is 0 Å². The van der Waals surface area contributed by atoms with Crippen LogP contribution in [0.5, 0.6) is 0 Å². The zero-order valence-electron chi connectivity index (χ0n) is 10.1.